The van der Waals surface area contributed by atoms with E-state index in [9.17, 15) is 18.0 Å². The maximum Gasteiger partial charge on any atom is 0.244 e. The monoisotopic (exact) mass is 509 g/mol. The van der Waals surface area contributed by atoms with Crippen LogP contribution in [0.1, 0.15) is 38.7 Å². The van der Waals surface area contributed by atoms with Gasteiger partial charge in [0.25, 0.3) is 0 Å². The molecule has 3 aromatic carbocycles. The minimum Gasteiger partial charge on any atom is -0.354 e. The molecule has 1 atom stereocenters. The number of sulfonamides is 1. The molecule has 36 heavy (non-hydrogen) atoms. The minimum atomic E-state index is -3.80. The number of amides is 2. The van der Waals surface area contributed by atoms with Crippen LogP contribution in [-0.4, -0.2) is 50.5 Å². The van der Waals surface area contributed by atoms with E-state index in [1.54, 1.807) is 12.1 Å². The van der Waals surface area contributed by atoms with Crippen molar-refractivity contribution >= 4 is 38.3 Å². The fraction of sp³-hybridized carbons (Fsp3) is 0.357. The molecular formula is C28H35N3O4S. The SMILES string of the molecule is CCCCNC(=O)C(CC)N(Cc1ccccc1)C(=O)CN(c1cccc2ccccc12)S(C)(=O)=O. The molecule has 0 aliphatic heterocycles. The standard InChI is InChI=1S/C28H35N3O4S/c1-4-6-19-29-28(33)25(5-2)30(20-22-13-8-7-9-14-22)27(32)21-31(36(3,34)35)26-18-12-16-23-15-10-11-17-24(23)26/h7-18,25H,4-6,19-21H2,1-3H3,(H,29,33). The highest BCUT2D eigenvalue weighted by atomic mass is 32.2. The van der Waals surface area contributed by atoms with E-state index >= 15 is 0 Å². The van der Waals surface area contributed by atoms with Gasteiger partial charge in [-0.15, -0.1) is 0 Å². The average molecular weight is 510 g/mol. The number of unbranched alkanes of at least 4 members (excludes halogenated alkanes) is 1. The van der Waals surface area contributed by atoms with E-state index in [1.165, 1.54) is 4.90 Å². The Bertz CT molecular complexity index is 1270. The van der Waals surface area contributed by atoms with Gasteiger partial charge in [0.1, 0.15) is 12.6 Å². The third-order valence-corrected chi connectivity index (χ3v) is 7.25. The molecule has 0 aliphatic carbocycles. The molecule has 1 N–H and O–H groups in total. The number of carbonyl (C=O) groups excluding carboxylic acids is 2. The molecule has 3 rings (SSSR count). The fourth-order valence-electron chi connectivity index (χ4n) is 4.23. The van der Waals surface area contributed by atoms with E-state index in [2.05, 4.69) is 5.32 Å². The van der Waals surface area contributed by atoms with Gasteiger partial charge in [-0.3, -0.25) is 13.9 Å². The quantitative estimate of drug-likeness (QED) is 0.368. The fourth-order valence-corrected chi connectivity index (χ4v) is 5.09. The molecule has 0 heterocycles. The lowest BCUT2D eigenvalue weighted by Gasteiger charge is -2.33. The van der Waals surface area contributed by atoms with E-state index < -0.39 is 28.5 Å². The zero-order valence-corrected chi connectivity index (χ0v) is 22.0. The van der Waals surface area contributed by atoms with Crippen LogP contribution in [0.2, 0.25) is 0 Å². The van der Waals surface area contributed by atoms with Crippen molar-refractivity contribution in [2.75, 3.05) is 23.7 Å². The van der Waals surface area contributed by atoms with E-state index in [0.29, 0.717) is 18.7 Å². The summed E-state index contributed by atoms with van der Waals surface area (Å²) in [5.74, 6) is -0.666. The van der Waals surface area contributed by atoms with Crippen molar-refractivity contribution in [2.45, 2.75) is 45.7 Å². The van der Waals surface area contributed by atoms with Crippen LogP contribution in [0.25, 0.3) is 10.8 Å². The van der Waals surface area contributed by atoms with Gasteiger partial charge >= 0.3 is 0 Å². The summed E-state index contributed by atoms with van der Waals surface area (Å²) in [4.78, 5) is 28.4. The summed E-state index contributed by atoms with van der Waals surface area (Å²) < 4.78 is 27.0. The van der Waals surface area contributed by atoms with E-state index in [-0.39, 0.29) is 12.5 Å². The molecule has 0 spiro atoms. The second-order valence-corrected chi connectivity index (χ2v) is 10.8. The first-order valence-electron chi connectivity index (χ1n) is 12.3. The number of hydrogen-bond acceptors (Lipinski definition) is 4. The normalized spacial score (nSPS) is 12.2. The molecule has 0 saturated heterocycles. The summed E-state index contributed by atoms with van der Waals surface area (Å²) in [6.07, 6.45) is 3.29. The predicted molar refractivity (Wildman–Crippen MR) is 145 cm³/mol. The molecule has 3 aromatic rings. The maximum atomic E-state index is 13.8. The lowest BCUT2D eigenvalue weighted by molar-refractivity contribution is -0.140. The number of anilines is 1. The van der Waals surface area contributed by atoms with Crippen molar-refractivity contribution in [1.29, 1.82) is 0 Å². The van der Waals surface area contributed by atoms with Gasteiger partial charge in [-0.1, -0.05) is 87.0 Å². The van der Waals surface area contributed by atoms with E-state index in [0.717, 1.165) is 39.7 Å². The van der Waals surface area contributed by atoms with E-state index in [4.69, 9.17) is 0 Å². The Morgan fingerprint density at radius 2 is 1.58 bits per heavy atom. The lowest BCUT2D eigenvalue weighted by Crippen LogP contribution is -2.52. The van der Waals surface area contributed by atoms with Crippen LogP contribution >= 0.6 is 0 Å². The lowest BCUT2D eigenvalue weighted by atomic mass is 10.1. The molecular weight excluding hydrogens is 474 g/mol. The zero-order chi connectivity index (χ0) is 26.1. The topological polar surface area (TPSA) is 86.8 Å². The number of nitrogens with zero attached hydrogens (tertiary/aromatic N) is 2. The molecule has 192 valence electrons. The summed E-state index contributed by atoms with van der Waals surface area (Å²) >= 11 is 0. The van der Waals surface area contributed by atoms with Gasteiger partial charge in [-0.25, -0.2) is 8.42 Å². The second kappa shape index (κ2) is 12.5. The maximum absolute atomic E-state index is 13.8. The molecule has 0 fully saturated rings. The Labute approximate surface area is 214 Å². The number of rotatable bonds is 12. The van der Waals surface area contributed by atoms with Crippen LogP contribution in [0.15, 0.2) is 72.8 Å². The van der Waals surface area contributed by atoms with Crippen LogP contribution in [0, 0.1) is 0 Å². The van der Waals surface area contributed by atoms with Gasteiger partial charge in [-0.2, -0.15) is 0 Å². The molecule has 0 radical (unpaired) electrons. The molecule has 7 nitrogen and oxygen atoms in total. The Morgan fingerprint density at radius 3 is 2.25 bits per heavy atom. The summed E-state index contributed by atoms with van der Waals surface area (Å²) in [6.45, 7) is 4.23. The van der Waals surface area contributed by atoms with Gasteiger partial charge in [-0.05, 0) is 29.9 Å². The molecule has 0 saturated carbocycles. The number of hydrogen-bond donors (Lipinski definition) is 1. The molecule has 0 aromatic heterocycles. The van der Waals surface area contributed by atoms with Gasteiger partial charge in [0, 0.05) is 18.5 Å². The van der Waals surface area contributed by atoms with Gasteiger partial charge in [0.2, 0.25) is 21.8 Å². The Balaban J connectivity index is 1.97. The predicted octanol–water partition coefficient (Wildman–Crippen LogP) is 4.33. The average Bonchev–Trinajstić information content (AvgIpc) is 2.87. The molecule has 0 aliphatic rings. The van der Waals surface area contributed by atoms with Crippen LogP contribution < -0.4 is 9.62 Å². The third-order valence-electron chi connectivity index (χ3n) is 6.13. The Hall–Kier alpha value is -3.39. The van der Waals surface area contributed by atoms with Crippen molar-refractivity contribution in [3.05, 3.63) is 78.4 Å². The highest BCUT2D eigenvalue weighted by Crippen LogP contribution is 2.28. The summed E-state index contributed by atoms with van der Waals surface area (Å²) in [6, 6.07) is 21.5. The summed E-state index contributed by atoms with van der Waals surface area (Å²) in [5, 5.41) is 4.54. The smallest absolute Gasteiger partial charge is 0.244 e. The van der Waals surface area contributed by atoms with E-state index in [1.807, 2.05) is 74.5 Å². The van der Waals surface area contributed by atoms with Crippen molar-refractivity contribution < 1.29 is 18.0 Å². The largest absolute Gasteiger partial charge is 0.354 e. The third kappa shape index (κ3) is 6.85. The highest BCUT2D eigenvalue weighted by Gasteiger charge is 2.32. The summed E-state index contributed by atoms with van der Waals surface area (Å²) in [5.41, 5.74) is 1.30. The van der Waals surface area contributed by atoms with Gasteiger partial charge < -0.3 is 10.2 Å². The van der Waals surface area contributed by atoms with Gasteiger partial charge in [0.15, 0.2) is 0 Å². The second-order valence-electron chi connectivity index (χ2n) is 8.84. The van der Waals surface area contributed by atoms with Gasteiger partial charge in [0.05, 0.1) is 11.9 Å². The number of fused-ring (bicyclic) bond motifs is 1. The highest BCUT2D eigenvalue weighted by molar-refractivity contribution is 7.92. The zero-order valence-electron chi connectivity index (χ0n) is 21.2. The van der Waals surface area contributed by atoms with Crippen LogP contribution in [0.3, 0.4) is 0 Å². The Kier molecular flexibility index (Phi) is 9.47. The van der Waals surface area contributed by atoms with Crippen LogP contribution in [-0.2, 0) is 26.2 Å². The molecule has 1 unspecified atom stereocenters. The molecule has 2 amide bonds. The van der Waals surface area contributed by atoms with Crippen LogP contribution in [0.5, 0.6) is 0 Å². The molecule has 0 bridgehead atoms. The van der Waals surface area contributed by atoms with Crippen molar-refractivity contribution in [3.63, 3.8) is 0 Å². The van der Waals surface area contributed by atoms with Crippen molar-refractivity contribution in [3.8, 4) is 0 Å². The first-order valence-corrected chi connectivity index (χ1v) is 14.2. The van der Waals surface area contributed by atoms with Crippen molar-refractivity contribution in [1.82, 2.24) is 10.2 Å². The first kappa shape index (κ1) is 27.2. The van der Waals surface area contributed by atoms with Crippen molar-refractivity contribution in [2.24, 2.45) is 0 Å². The number of carbonyl (C=O) groups is 2. The Morgan fingerprint density at radius 1 is 0.917 bits per heavy atom. The number of benzene rings is 3. The summed E-state index contributed by atoms with van der Waals surface area (Å²) in [7, 11) is -3.80. The minimum absolute atomic E-state index is 0.201. The molecule has 8 heteroatoms. The first-order chi connectivity index (χ1) is 17.3. The number of nitrogens with one attached hydrogen (secondary N) is 1. The van der Waals surface area contributed by atoms with Crippen LogP contribution in [0.4, 0.5) is 5.69 Å².